The van der Waals surface area contributed by atoms with Gasteiger partial charge in [0.2, 0.25) is 0 Å². The second kappa shape index (κ2) is 4.34. The Hall–Kier alpha value is -2.02. The number of aryl methyl sites for hydroxylation is 2. The number of aromatic nitrogens is 1. The number of hydrogen-bond acceptors (Lipinski definition) is 0. The fourth-order valence-electron chi connectivity index (χ4n) is 2.64. The van der Waals surface area contributed by atoms with Crippen LogP contribution < -0.4 is 0 Å². The lowest BCUT2D eigenvalue weighted by Crippen LogP contribution is -1.98. The average Bonchev–Trinajstić information content (AvgIpc) is 2.72. The van der Waals surface area contributed by atoms with Crippen LogP contribution >= 0.6 is 0 Å². The average molecular weight is 235 g/mol. The Kier molecular flexibility index (Phi) is 2.67. The highest BCUT2D eigenvalue weighted by Gasteiger charge is 2.02. The van der Waals surface area contributed by atoms with Crippen molar-refractivity contribution in [3.63, 3.8) is 0 Å². The minimum Gasteiger partial charge on any atom is -0.343 e. The summed E-state index contributed by atoms with van der Waals surface area (Å²) in [6.07, 6.45) is 2.17. The lowest BCUT2D eigenvalue weighted by molar-refractivity contribution is 0.834. The Labute approximate surface area is 108 Å². The molecular weight excluding hydrogens is 218 g/mol. The Bertz CT molecular complexity index is 671. The Morgan fingerprint density at radius 3 is 2.39 bits per heavy atom. The molecule has 3 rings (SSSR count). The van der Waals surface area contributed by atoms with Crippen molar-refractivity contribution in [3.05, 3.63) is 71.4 Å². The fraction of sp³-hybridized carbons (Fsp3) is 0.176. The van der Waals surface area contributed by atoms with E-state index in [-0.39, 0.29) is 0 Å². The van der Waals surface area contributed by atoms with E-state index in [1.54, 1.807) is 0 Å². The van der Waals surface area contributed by atoms with Crippen LogP contribution in [-0.4, -0.2) is 4.57 Å². The molecule has 0 N–H and O–H groups in total. The summed E-state index contributed by atoms with van der Waals surface area (Å²) < 4.78 is 2.31. The van der Waals surface area contributed by atoms with E-state index in [2.05, 4.69) is 73.1 Å². The first-order valence-corrected chi connectivity index (χ1v) is 6.33. The molecule has 0 radical (unpaired) electrons. The van der Waals surface area contributed by atoms with Crippen LogP contribution in [0.15, 0.2) is 54.7 Å². The molecule has 0 bridgehead atoms. The second-order valence-electron chi connectivity index (χ2n) is 5.00. The highest BCUT2D eigenvalue weighted by atomic mass is 14.9. The van der Waals surface area contributed by atoms with Gasteiger partial charge in [-0.1, -0.05) is 47.5 Å². The smallest absolute Gasteiger partial charge is 0.0483 e. The second-order valence-corrected chi connectivity index (χ2v) is 5.00. The molecule has 1 aromatic heterocycles. The highest BCUT2D eigenvalue weighted by Crippen LogP contribution is 2.18. The summed E-state index contributed by atoms with van der Waals surface area (Å²) in [7, 11) is 0. The van der Waals surface area contributed by atoms with Crippen LogP contribution in [0.5, 0.6) is 0 Å². The van der Waals surface area contributed by atoms with E-state index in [9.17, 15) is 0 Å². The highest BCUT2D eigenvalue weighted by molar-refractivity contribution is 5.80. The maximum absolute atomic E-state index is 2.31. The van der Waals surface area contributed by atoms with Gasteiger partial charge in [-0.3, -0.25) is 0 Å². The Balaban J connectivity index is 2.01. The third-order valence-electron chi connectivity index (χ3n) is 3.31. The Morgan fingerprint density at radius 2 is 1.61 bits per heavy atom. The predicted molar refractivity (Wildman–Crippen MR) is 77.0 cm³/mol. The SMILES string of the molecule is Cc1cc(C)cc(Cn2ccc3ccccc32)c1. The molecule has 0 unspecified atom stereocenters. The number of rotatable bonds is 2. The molecule has 0 spiro atoms. The standard InChI is InChI=1S/C17H17N/c1-13-9-14(2)11-15(10-13)12-18-8-7-16-5-3-4-6-17(16)18/h3-11H,12H2,1-2H3. The molecule has 18 heavy (non-hydrogen) atoms. The minimum absolute atomic E-state index is 0.941. The van der Waals surface area contributed by atoms with Crippen molar-refractivity contribution in [3.8, 4) is 0 Å². The van der Waals surface area contributed by atoms with Crippen LogP contribution in [-0.2, 0) is 6.54 Å². The maximum Gasteiger partial charge on any atom is 0.0483 e. The predicted octanol–water partition coefficient (Wildman–Crippen LogP) is 4.31. The van der Waals surface area contributed by atoms with Crippen molar-refractivity contribution in [2.75, 3.05) is 0 Å². The Morgan fingerprint density at radius 1 is 0.889 bits per heavy atom. The molecule has 0 amide bonds. The summed E-state index contributed by atoms with van der Waals surface area (Å²) in [4.78, 5) is 0. The van der Waals surface area contributed by atoms with Crippen LogP contribution in [0.3, 0.4) is 0 Å². The van der Waals surface area contributed by atoms with Crippen LogP contribution in [0.25, 0.3) is 10.9 Å². The number of benzene rings is 2. The monoisotopic (exact) mass is 235 g/mol. The van der Waals surface area contributed by atoms with Gasteiger partial charge in [0.05, 0.1) is 0 Å². The first-order valence-electron chi connectivity index (χ1n) is 6.33. The van der Waals surface area contributed by atoms with Crippen molar-refractivity contribution in [1.29, 1.82) is 0 Å². The van der Waals surface area contributed by atoms with Crippen molar-refractivity contribution in [2.24, 2.45) is 0 Å². The summed E-state index contributed by atoms with van der Waals surface area (Å²) in [5.41, 5.74) is 5.34. The summed E-state index contributed by atoms with van der Waals surface area (Å²) in [6, 6.07) is 17.5. The quantitative estimate of drug-likeness (QED) is 0.624. The van der Waals surface area contributed by atoms with Gasteiger partial charge in [-0.15, -0.1) is 0 Å². The molecule has 0 atom stereocenters. The summed E-state index contributed by atoms with van der Waals surface area (Å²) in [5.74, 6) is 0. The molecule has 0 aliphatic carbocycles. The van der Waals surface area contributed by atoms with Crippen LogP contribution in [0, 0.1) is 13.8 Å². The zero-order chi connectivity index (χ0) is 12.5. The molecule has 90 valence electrons. The van der Waals surface area contributed by atoms with Gasteiger partial charge in [-0.25, -0.2) is 0 Å². The first kappa shape index (κ1) is 11.1. The molecule has 1 heteroatoms. The van der Waals surface area contributed by atoms with Gasteiger partial charge in [0, 0.05) is 18.3 Å². The van der Waals surface area contributed by atoms with Crippen molar-refractivity contribution in [2.45, 2.75) is 20.4 Å². The van der Waals surface area contributed by atoms with Gasteiger partial charge >= 0.3 is 0 Å². The third kappa shape index (κ3) is 2.04. The van der Waals surface area contributed by atoms with E-state index < -0.39 is 0 Å². The topological polar surface area (TPSA) is 4.93 Å². The lowest BCUT2D eigenvalue weighted by atomic mass is 10.1. The zero-order valence-electron chi connectivity index (χ0n) is 10.9. The molecule has 0 aliphatic rings. The van der Waals surface area contributed by atoms with E-state index >= 15 is 0 Å². The number of nitrogens with zero attached hydrogens (tertiary/aromatic N) is 1. The minimum atomic E-state index is 0.941. The van der Waals surface area contributed by atoms with Crippen LogP contribution in [0.2, 0.25) is 0 Å². The maximum atomic E-state index is 2.31. The fourth-order valence-corrected chi connectivity index (χ4v) is 2.64. The first-order chi connectivity index (χ1) is 8.72. The van der Waals surface area contributed by atoms with Crippen LogP contribution in [0.1, 0.15) is 16.7 Å². The largest absolute Gasteiger partial charge is 0.343 e. The van der Waals surface area contributed by atoms with Gasteiger partial charge in [0.15, 0.2) is 0 Å². The van der Waals surface area contributed by atoms with Crippen molar-refractivity contribution in [1.82, 2.24) is 4.57 Å². The van der Waals surface area contributed by atoms with Gasteiger partial charge in [0.25, 0.3) is 0 Å². The van der Waals surface area contributed by atoms with Gasteiger partial charge in [-0.2, -0.15) is 0 Å². The van der Waals surface area contributed by atoms with Gasteiger partial charge < -0.3 is 4.57 Å². The van der Waals surface area contributed by atoms with Gasteiger partial charge in [0.1, 0.15) is 0 Å². The van der Waals surface area contributed by atoms with E-state index in [4.69, 9.17) is 0 Å². The third-order valence-corrected chi connectivity index (χ3v) is 3.31. The van der Waals surface area contributed by atoms with Gasteiger partial charge in [-0.05, 0) is 36.9 Å². The normalized spacial score (nSPS) is 11.0. The van der Waals surface area contributed by atoms with Crippen molar-refractivity contribution >= 4 is 10.9 Å². The molecular formula is C17H17N. The molecule has 0 saturated carbocycles. The van der Waals surface area contributed by atoms with E-state index in [1.165, 1.54) is 27.6 Å². The van der Waals surface area contributed by atoms with E-state index in [0.717, 1.165) is 6.54 Å². The van der Waals surface area contributed by atoms with Crippen LogP contribution in [0.4, 0.5) is 0 Å². The summed E-state index contributed by atoms with van der Waals surface area (Å²) in [5, 5.41) is 1.31. The molecule has 3 aromatic rings. The lowest BCUT2D eigenvalue weighted by Gasteiger charge is -2.08. The number of hydrogen-bond donors (Lipinski definition) is 0. The molecule has 0 saturated heterocycles. The number of fused-ring (bicyclic) bond motifs is 1. The molecule has 1 heterocycles. The molecule has 1 nitrogen and oxygen atoms in total. The van der Waals surface area contributed by atoms with E-state index in [0.29, 0.717) is 0 Å². The number of para-hydroxylation sites is 1. The zero-order valence-corrected chi connectivity index (χ0v) is 10.9. The molecule has 2 aromatic carbocycles. The van der Waals surface area contributed by atoms with E-state index in [1.807, 2.05) is 0 Å². The van der Waals surface area contributed by atoms with Crippen molar-refractivity contribution < 1.29 is 0 Å². The summed E-state index contributed by atoms with van der Waals surface area (Å²) in [6.45, 7) is 5.25. The molecule has 0 fully saturated rings. The summed E-state index contributed by atoms with van der Waals surface area (Å²) >= 11 is 0. The molecule has 0 aliphatic heterocycles.